The molecule has 1 heterocycles. The van der Waals surface area contributed by atoms with Crippen LogP contribution in [0, 0.1) is 11.3 Å². The maximum Gasteiger partial charge on any atom is 0.252 e. The third-order valence-electron chi connectivity index (χ3n) is 2.81. The first-order valence-corrected chi connectivity index (χ1v) is 7.06. The molecule has 0 saturated heterocycles. The first-order valence-electron chi connectivity index (χ1n) is 7.06. The zero-order valence-electron chi connectivity index (χ0n) is 12.8. The molecule has 0 spiro atoms. The van der Waals surface area contributed by atoms with Crippen LogP contribution in [0.4, 0.5) is 5.88 Å². The molecule has 0 bridgehead atoms. The molecule has 2 rings (SSSR count). The zero-order chi connectivity index (χ0) is 15.9. The summed E-state index contributed by atoms with van der Waals surface area (Å²) < 4.78 is 10.8. The number of ether oxygens (including phenoxy) is 1. The molecule has 0 aliphatic carbocycles. The molecule has 0 fully saturated rings. The Morgan fingerprint density at radius 2 is 2.14 bits per heavy atom. The van der Waals surface area contributed by atoms with Crippen molar-refractivity contribution in [2.45, 2.75) is 26.7 Å². The van der Waals surface area contributed by atoms with Crippen molar-refractivity contribution in [1.29, 1.82) is 5.26 Å². The van der Waals surface area contributed by atoms with Gasteiger partial charge in [-0.25, -0.2) is 10.4 Å². The summed E-state index contributed by atoms with van der Waals surface area (Å²) in [7, 11) is 0. The highest BCUT2D eigenvalue weighted by Gasteiger charge is 2.14. The molecule has 22 heavy (non-hydrogen) atoms. The van der Waals surface area contributed by atoms with E-state index in [1.807, 2.05) is 51.1 Å². The minimum Gasteiger partial charge on any atom is -0.494 e. The molecular weight excluding hydrogens is 280 g/mol. The fourth-order valence-corrected chi connectivity index (χ4v) is 1.72. The lowest BCUT2D eigenvalue weighted by Crippen LogP contribution is -1.93. The minimum absolute atomic E-state index is 0.109. The van der Waals surface area contributed by atoms with E-state index >= 15 is 0 Å². The number of aromatic nitrogens is 1. The zero-order valence-corrected chi connectivity index (χ0v) is 12.8. The van der Waals surface area contributed by atoms with Crippen molar-refractivity contribution in [3.05, 3.63) is 41.4 Å². The number of oxazole rings is 1. The lowest BCUT2D eigenvalue weighted by Gasteiger charge is -2.02. The van der Waals surface area contributed by atoms with Gasteiger partial charge >= 0.3 is 0 Å². The molecule has 0 amide bonds. The van der Waals surface area contributed by atoms with E-state index in [-0.39, 0.29) is 17.5 Å². The summed E-state index contributed by atoms with van der Waals surface area (Å²) in [6, 6.07) is 9.51. The molecule has 1 aromatic heterocycles. The van der Waals surface area contributed by atoms with E-state index in [0.29, 0.717) is 12.5 Å². The second-order valence-corrected chi connectivity index (χ2v) is 4.87. The molecule has 1 N–H and O–H groups in total. The van der Waals surface area contributed by atoms with E-state index in [9.17, 15) is 0 Å². The molecule has 114 valence electrons. The molecule has 0 aliphatic heterocycles. The van der Waals surface area contributed by atoms with Crippen LogP contribution >= 0.6 is 0 Å². The van der Waals surface area contributed by atoms with Crippen molar-refractivity contribution < 1.29 is 9.15 Å². The monoisotopic (exact) mass is 298 g/mol. The van der Waals surface area contributed by atoms with Gasteiger partial charge in [0.2, 0.25) is 11.6 Å². The van der Waals surface area contributed by atoms with Crippen LogP contribution in [-0.2, 0) is 0 Å². The second-order valence-electron chi connectivity index (χ2n) is 4.87. The Hall–Kier alpha value is -2.81. The van der Waals surface area contributed by atoms with Crippen LogP contribution in [0.15, 0.2) is 33.8 Å². The van der Waals surface area contributed by atoms with Gasteiger partial charge in [-0.2, -0.15) is 10.4 Å². The fourth-order valence-electron chi connectivity index (χ4n) is 1.72. The average molecular weight is 298 g/mol. The van der Waals surface area contributed by atoms with E-state index in [4.69, 9.17) is 14.4 Å². The maximum absolute atomic E-state index is 9.03. The summed E-state index contributed by atoms with van der Waals surface area (Å²) in [4.78, 5) is 4.11. The van der Waals surface area contributed by atoms with Crippen molar-refractivity contribution in [3.8, 4) is 11.8 Å². The smallest absolute Gasteiger partial charge is 0.252 e. The van der Waals surface area contributed by atoms with Crippen molar-refractivity contribution in [2.24, 2.45) is 5.10 Å². The molecule has 0 unspecified atom stereocenters. The molecule has 6 nitrogen and oxygen atoms in total. The number of nitriles is 1. The summed E-state index contributed by atoms with van der Waals surface area (Å²) in [5, 5.41) is 13.1. The Bertz CT molecular complexity index is 681. The lowest BCUT2D eigenvalue weighted by atomic mass is 10.2. The van der Waals surface area contributed by atoms with Gasteiger partial charge in [-0.1, -0.05) is 13.8 Å². The molecule has 0 aliphatic rings. The van der Waals surface area contributed by atoms with Crippen LogP contribution in [0.25, 0.3) is 0 Å². The van der Waals surface area contributed by atoms with Crippen molar-refractivity contribution >= 4 is 12.1 Å². The Kier molecular flexibility index (Phi) is 5.15. The quantitative estimate of drug-likeness (QED) is 0.651. The molecule has 0 atom stereocenters. The highest BCUT2D eigenvalue weighted by atomic mass is 16.5. The minimum atomic E-state index is 0.109. The van der Waals surface area contributed by atoms with Gasteiger partial charge in [0.1, 0.15) is 11.8 Å². The lowest BCUT2D eigenvalue weighted by molar-refractivity contribution is 0.340. The van der Waals surface area contributed by atoms with Crippen molar-refractivity contribution in [2.75, 3.05) is 12.0 Å². The Labute approximate surface area is 129 Å². The predicted molar refractivity (Wildman–Crippen MR) is 84.1 cm³/mol. The van der Waals surface area contributed by atoms with Gasteiger partial charge in [-0.05, 0) is 36.8 Å². The topological polar surface area (TPSA) is 83.4 Å². The van der Waals surface area contributed by atoms with Crippen LogP contribution in [0.5, 0.6) is 5.75 Å². The molecule has 2 aromatic rings. The number of benzene rings is 1. The van der Waals surface area contributed by atoms with Gasteiger partial charge in [-0.15, -0.1) is 0 Å². The first kappa shape index (κ1) is 15.6. The second kappa shape index (κ2) is 7.27. The SMILES string of the molecule is CCOc1ccc(/C=N/Nc2oc(C(C)C)nc2C#N)cc1. The van der Waals surface area contributed by atoms with Gasteiger partial charge in [0, 0.05) is 5.92 Å². The van der Waals surface area contributed by atoms with E-state index in [2.05, 4.69) is 15.5 Å². The Balaban J connectivity index is 2.04. The predicted octanol–water partition coefficient (Wildman–Crippen LogP) is 3.51. The van der Waals surface area contributed by atoms with Crippen LogP contribution in [0.3, 0.4) is 0 Å². The van der Waals surface area contributed by atoms with Crippen LogP contribution in [0.1, 0.15) is 43.8 Å². The van der Waals surface area contributed by atoms with Gasteiger partial charge in [0.15, 0.2) is 0 Å². The number of nitrogens with one attached hydrogen (secondary N) is 1. The van der Waals surface area contributed by atoms with Crippen molar-refractivity contribution in [1.82, 2.24) is 4.98 Å². The number of anilines is 1. The van der Waals surface area contributed by atoms with E-state index in [1.54, 1.807) is 6.21 Å². The molecule has 0 radical (unpaired) electrons. The Morgan fingerprint density at radius 3 is 2.73 bits per heavy atom. The number of hydrogen-bond donors (Lipinski definition) is 1. The average Bonchev–Trinajstić information content (AvgIpc) is 2.93. The summed E-state index contributed by atoms with van der Waals surface area (Å²) in [6.07, 6.45) is 1.63. The number of hydrazone groups is 1. The summed E-state index contributed by atoms with van der Waals surface area (Å²) >= 11 is 0. The standard InChI is InChI=1S/C16H18N4O2/c1-4-21-13-7-5-12(6-8-13)10-18-20-16-14(9-17)19-15(22-16)11(2)3/h5-8,10-11,20H,4H2,1-3H3/b18-10+. The number of hydrogen-bond acceptors (Lipinski definition) is 6. The summed E-state index contributed by atoms with van der Waals surface area (Å²) in [5.41, 5.74) is 3.82. The normalized spacial score (nSPS) is 10.9. The summed E-state index contributed by atoms with van der Waals surface area (Å²) in [6.45, 7) is 6.46. The molecular formula is C16H18N4O2. The van der Waals surface area contributed by atoms with Crippen LogP contribution in [-0.4, -0.2) is 17.8 Å². The largest absolute Gasteiger partial charge is 0.494 e. The maximum atomic E-state index is 9.03. The number of rotatable bonds is 6. The molecule has 0 saturated carbocycles. The molecule has 1 aromatic carbocycles. The van der Waals surface area contributed by atoms with Gasteiger partial charge in [0.05, 0.1) is 12.8 Å². The number of nitrogens with zero attached hydrogens (tertiary/aromatic N) is 3. The van der Waals surface area contributed by atoms with Gasteiger partial charge < -0.3 is 9.15 Å². The van der Waals surface area contributed by atoms with Crippen LogP contribution < -0.4 is 10.2 Å². The highest BCUT2D eigenvalue weighted by molar-refractivity contribution is 5.80. The summed E-state index contributed by atoms with van der Waals surface area (Å²) in [5.74, 6) is 1.69. The van der Waals surface area contributed by atoms with E-state index in [0.717, 1.165) is 11.3 Å². The highest BCUT2D eigenvalue weighted by Crippen LogP contribution is 2.22. The third kappa shape index (κ3) is 3.85. The first-order chi connectivity index (χ1) is 10.6. The fraction of sp³-hybridized carbons (Fsp3) is 0.312. The van der Waals surface area contributed by atoms with Crippen molar-refractivity contribution in [3.63, 3.8) is 0 Å². The third-order valence-corrected chi connectivity index (χ3v) is 2.81. The van der Waals surface area contributed by atoms with E-state index < -0.39 is 0 Å². The Morgan fingerprint density at radius 1 is 1.41 bits per heavy atom. The van der Waals surface area contributed by atoms with Gasteiger partial charge in [0.25, 0.3) is 5.88 Å². The molecule has 6 heteroatoms. The van der Waals surface area contributed by atoms with Crippen LogP contribution in [0.2, 0.25) is 0 Å². The van der Waals surface area contributed by atoms with Gasteiger partial charge in [-0.3, -0.25) is 0 Å². The van der Waals surface area contributed by atoms with E-state index in [1.165, 1.54) is 0 Å².